The van der Waals surface area contributed by atoms with Gasteiger partial charge < -0.3 is 15.2 Å². The highest BCUT2D eigenvalue weighted by Crippen LogP contribution is 2.31. The van der Waals surface area contributed by atoms with Gasteiger partial charge in [-0.3, -0.25) is 0 Å². The molecule has 0 saturated carbocycles. The van der Waals surface area contributed by atoms with E-state index in [1.807, 2.05) is 0 Å². The largest absolute Gasteiger partial charge is 0.508 e. The number of rotatable bonds is 2. The molecule has 1 aliphatic heterocycles. The van der Waals surface area contributed by atoms with E-state index in [9.17, 15) is 9.90 Å². The summed E-state index contributed by atoms with van der Waals surface area (Å²) >= 11 is 0. The fourth-order valence-corrected chi connectivity index (χ4v) is 1.90. The van der Waals surface area contributed by atoms with Crippen molar-refractivity contribution in [2.75, 3.05) is 18.5 Å². The van der Waals surface area contributed by atoms with Crippen molar-refractivity contribution in [1.82, 2.24) is 0 Å². The molecule has 0 atom stereocenters. The van der Waals surface area contributed by atoms with Gasteiger partial charge in [0, 0.05) is 17.8 Å². The molecule has 1 heterocycles. The van der Waals surface area contributed by atoms with Crippen LogP contribution in [-0.2, 0) is 11.2 Å². The molecule has 0 bridgehead atoms. The van der Waals surface area contributed by atoms with E-state index in [-0.39, 0.29) is 5.75 Å². The Morgan fingerprint density at radius 3 is 3.12 bits per heavy atom. The van der Waals surface area contributed by atoms with Gasteiger partial charge in [-0.1, -0.05) is 0 Å². The van der Waals surface area contributed by atoms with Gasteiger partial charge in [-0.25, -0.2) is 4.79 Å². The van der Waals surface area contributed by atoms with Crippen LogP contribution in [0.3, 0.4) is 0 Å². The lowest BCUT2D eigenvalue weighted by atomic mass is 10.00. The topological polar surface area (TPSA) is 58.6 Å². The van der Waals surface area contributed by atoms with Crippen LogP contribution in [0, 0.1) is 0 Å². The Bertz CT molecular complexity index is 415. The van der Waals surface area contributed by atoms with E-state index in [2.05, 4.69) is 5.32 Å². The Balaban J connectivity index is 2.35. The minimum Gasteiger partial charge on any atom is -0.508 e. The standard InChI is InChI=1S/C12H15NO3/c1-2-16-12(15)8-6-10-9(11(14)7-8)4-3-5-13-10/h6-7,13-14H,2-5H2,1H3. The number of benzene rings is 1. The Morgan fingerprint density at radius 2 is 2.38 bits per heavy atom. The number of nitrogens with one attached hydrogen (secondary N) is 1. The molecule has 2 rings (SSSR count). The number of carbonyl (C=O) groups excluding carboxylic acids is 1. The summed E-state index contributed by atoms with van der Waals surface area (Å²) in [6, 6.07) is 3.22. The van der Waals surface area contributed by atoms with Gasteiger partial charge in [0.2, 0.25) is 0 Å². The Morgan fingerprint density at radius 1 is 1.56 bits per heavy atom. The van der Waals surface area contributed by atoms with Gasteiger partial charge in [-0.2, -0.15) is 0 Å². The Hall–Kier alpha value is -1.71. The molecule has 16 heavy (non-hydrogen) atoms. The number of ether oxygens (including phenoxy) is 1. The van der Waals surface area contributed by atoms with Crippen LogP contribution in [0.25, 0.3) is 0 Å². The predicted octanol–water partition coefficient (Wildman–Crippen LogP) is 1.93. The highest BCUT2D eigenvalue weighted by Gasteiger charge is 2.17. The highest BCUT2D eigenvalue weighted by atomic mass is 16.5. The van der Waals surface area contributed by atoms with E-state index in [1.165, 1.54) is 6.07 Å². The van der Waals surface area contributed by atoms with Crippen LogP contribution in [0.2, 0.25) is 0 Å². The summed E-state index contributed by atoms with van der Waals surface area (Å²) in [6.07, 6.45) is 1.84. The maximum atomic E-state index is 11.5. The highest BCUT2D eigenvalue weighted by molar-refractivity contribution is 5.91. The zero-order chi connectivity index (χ0) is 11.5. The van der Waals surface area contributed by atoms with Crippen molar-refractivity contribution in [3.63, 3.8) is 0 Å². The fraction of sp³-hybridized carbons (Fsp3) is 0.417. The minimum atomic E-state index is -0.395. The molecule has 0 saturated heterocycles. The van der Waals surface area contributed by atoms with E-state index in [4.69, 9.17) is 4.74 Å². The second kappa shape index (κ2) is 4.43. The van der Waals surface area contributed by atoms with Crippen molar-refractivity contribution >= 4 is 11.7 Å². The SMILES string of the molecule is CCOC(=O)c1cc(O)c2c(c1)NCCC2. The van der Waals surface area contributed by atoms with Crippen molar-refractivity contribution in [1.29, 1.82) is 0 Å². The number of esters is 1. The molecule has 86 valence electrons. The number of hydrogen-bond acceptors (Lipinski definition) is 4. The van der Waals surface area contributed by atoms with Crippen molar-refractivity contribution in [2.45, 2.75) is 19.8 Å². The average Bonchev–Trinajstić information content (AvgIpc) is 2.29. The molecule has 2 N–H and O–H groups in total. The molecule has 4 nitrogen and oxygen atoms in total. The van der Waals surface area contributed by atoms with Gasteiger partial charge in [0.15, 0.2) is 0 Å². The molecular formula is C12H15NO3. The van der Waals surface area contributed by atoms with E-state index in [0.29, 0.717) is 12.2 Å². The van der Waals surface area contributed by atoms with Crippen LogP contribution in [0.1, 0.15) is 29.3 Å². The third kappa shape index (κ3) is 1.96. The van der Waals surface area contributed by atoms with E-state index >= 15 is 0 Å². The smallest absolute Gasteiger partial charge is 0.338 e. The van der Waals surface area contributed by atoms with Crippen LogP contribution in [0.15, 0.2) is 12.1 Å². The zero-order valence-electron chi connectivity index (χ0n) is 9.25. The lowest BCUT2D eigenvalue weighted by Crippen LogP contribution is -2.13. The molecule has 1 aliphatic rings. The lowest BCUT2D eigenvalue weighted by Gasteiger charge is -2.19. The molecule has 0 aromatic heterocycles. The molecule has 0 fully saturated rings. The van der Waals surface area contributed by atoms with Gasteiger partial charge in [-0.05, 0) is 31.9 Å². The van der Waals surface area contributed by atoms with Crippen LogP contribution in [0.5, 0.6) is 5.75 Å². The summed E-state index contributed by atoms with van der Waals surface area (Å²) in [5, 5.41) is 13.0. The second-order valence-electron chi connectivity index (χ2n) is 3.77. The summed E-state index contributed by atoms with van der Waals surface area (Å²) in [7, 11) is 0. The number of anilines is 1. The van der Waals surface area contributed by atoms with E-state index < -0.39 is 5.97 Å². The predicted molar refractivity (Wildman–Crippen MR) is 60.9 cm³/mol. The molecule has 1 aromatic rings. The normalized spacial score (nSPS) is 13.8. The molecule has 0 unspecified atom stereocenters. The molecular weight excluding hydrogens is 206 g/mol. The van der Waals surface area contributed by atoms with Crippen molar-refractivity contribution in [2.24, 2.45) is 0 Å². The summed E-state index contributed by atoms with van der Waals surface area (Å²) in [5.41, 5.74) is 2.13. The number of phenolic OH excluding ortho intramolecular Hbond substituents is 1. The van der Waals surface area contributed by atoms with Crippen molar-refractivity contribution in [3.05, 3.63) is 23.3 Å². The minimum absolute atomic E-state index is 0.174. The Labute approximate surface area is 94.2 Å². The van der Waals surface area contributed by atoms with Gasteiger partial charge in [0.1, 0.15) is 5.75 Å². The van der Waals surface area contributed by atoms with Gasteiger partial charge in [0.25, 0.3) is 0 Å². The van der Waals surface area contributed by atoms with Gasteiger partial charge >= 0.3 is 5.97 Å². The summed E-state index contributed by atoms with van der Waals surface area (Å²) in [6.45, 7) is 2.97. The third-order valence-electron chi connectivity index (χ3n) is 2.66. The second-order valence-corrected chi connectivity index (χ2v) is 3.77. The molecule has 0 radical (unpaired) electrons. The number of phenols is 1. The van der Waals surface area contributed by atoms with Crippen molar-refractivity contribution in [3.8, 4) is 5.75 Å². The molecule has 1 aromatic carbocycles. The monoisotopic (exact) mass is 221 g/mol. The number of aromatic hydroxyl groups is 1. The maximum absolute atomic E-state index is 11.5. The molecule has 4 heteroatoms. The molecule has 0 aliphatic carbocycles. The first-order valence-electron chi connectivity index (χ1n) is 5.49. The van der Waals surface area contributed by atoms with Crippen LogP contribution in [-0.4, -0.2) is 24.2 Å². The first-order chi connectivity index (χ1) is 7.72. The van der Waals surface area contributed by atoms with Gasteiger partial charge in [0.05, 0.1) is 12.2 Å². The van der Waals surface area contributed by atoms with Crippen LogP contribution < -0.4 is 5.32 Å². The number of carbonyl (C=O) groups is 1. The summed E-state index contributed by atoms with van der Waals surface area (Å²) < 4.78 is 4.90. The van der Waals surface area contributed by atoms with E-state index in [0.717, 1.165) is 30.6 Å². The average molecular weight is 221 g/mol. The first-order valence-corrected chi connectivity index (χ1v) is 5.49. The number of hydrogen-bond donors (Lipinski definition) is 2. The zero-order valence-corrected chi connectivity index (χ0v) is 9.25. The Kier molecular flexibility index (Phi) is 2.99. The van der Waals surface area contributed by atoms with Crippen LogP contribution in [0.4, 0.5) is 5.69 Å². The number of fused-ring (bicyclic) bond motifs is 1. The summed E-state index contributed by atoms with van der Waals surface area (Å²) in [5.74, 6) is -0.222. The third-order valence-corrected chi connectivity index (χ3v) is 2.66. The molecule has 0 amide bonds. The van der Waals surface area contributed by atoms with Gasteiger partial charge in [-0.15, -0.1) is 0 Å². The van der Waals surface area contributed by atoms with Crippen molar-refractivity contribution < 1.29 is 14.6 Å². The maximum Gasteiger partial charge on any atom is 0.338 e. The quantitative estimate of drug-likeness (QED) is 0.749. The lowest BCUT2D eigenvalue weighted by molar-refractivity contribution is 0.0526. The molecule has 0 spiro atoms. The fourth-order valence-electron chi connectivity index (χ4n) is 1.90. The van der Waals surface area contributed by atoms with Crippen LogP contribution >= 0.6 is 0 Å². The van der Waals surface area contributed by atoms with E-state index in [1.54, 1.807) is 13.0 Å². The summed E-state index contributed by atoms with van der Waals surface area (Å²) in [4.78, 5) is 11.5. The first kappa shape index (κ1) is 10.8.